The van der Waals surface area contributed by atoms with E-state index in [1.165, 1.54) is 0 Å². The summed E-state index contributed by atoms with van der Waals surface area (Å²) in [7, 11) is 0. The third-order valence-corrected chi connectivity index (χ3v) is 3.34. The van der Waals surface area contributed by atoms with Gasteiger partial charge in [0.15, 0.2) is 0 Å². The summed E-state index contributed by atoms with van der Waals surface area (Å²) in [5.74, 6) is -0.683. The summed E-state index contributed by atoms with van der Waals surface area (Å²) in [6.07, 6.45) is 1.66. The zero-order valence-electron chi connectivity index (χ0n) is 10.4. The van der Waals surface area contributed by atoms with Gasteiger partial charge in [0.1, 0.15) is 0 Å². The van der Waals surface area contributed by atoms with Crippen LogP contribution < -0.4 is 0 Å². The number of fused-ring (bicyclic) bond motifs is 1. The van der Waals surface area contributed by atoms with E-state index < -0.39 is 11.0 Å². The minimum Gasteiger partial charge on any atom is -0.316 e. The number of carbonyl (C=O) groups is 2. The monoisotopic (exact) mass is 283 g/mol. The van der Waals surface area contributed by atoms with Crippen LogP contribution in [-0.2, 0) is 4.79 Å². The van der Waals surface area contributed by atoms with Crippen LogP contribution in [0.15, 0.2) is 60.8 Å². The summed E-state index contributed by atoms with van der Waals surface area (Å²) in [5, 5.41) is -0.253. The number of Topliss-reactive ketones (excluding diaryl/α,β-unsaturated/α-hetero) is 1. The first-order valence-corrected chi connectivity index (χ1v) is 6.46. The Morgan fingerprint density at radius 1 is 0.900 bits per heavy atom. The van der Waals surface area contributed by atoms with Gasteiger partial charge in [0, 0.05) is 17.3 Å². The lowest BCUT2D eigenvalue weighted by Crippen LogP contribution is -2.06. The smallest absolute Gasteiger partial charge is 0.293 e. The number of carbonyl (C=O) groups excluding carboxylic acids is 2. The SMILES string of the molecule is O=C(Cl)C(=O)c1cn(-c2ccccc2)c2ccccc12. The quantitative estimate of drug-likeness (QED) is 0.419. The van der Waals surface area contributed by atoms with Crippen molar-refractivity contribution in [3.05, 3.63) is 66.4 Å². The predicted octanol–water partition coefficient (Wildman–Crippen LogP) is 3.58. The normalized spacial score (nSPS) is 10.7. The topological polar surface area (TPSA) is 39.1 Å². The molecule has 1 aromatic heterocycles. The molecule has 98 valence electrons. The Labute approximate surface area is 120 Å². The fourth-order valence-electron chi connectivity index (χ4n) is 2.27. The molecular weight excluding hydrogens is 274 g/mol. The number of benzene rings is 2. The zero-order valence-corrected chi connectivity index (χ0v) is 11.2. The number of hydrogen-bond donors (Lipinski definition) is 0. The minimum absolute atomic E-state index is 0.324. The predicted molar refractivity (Wildman–Crippen MR) is 78.5 cm³/mol. The molecule has 20 heavy (non-hydrogen) atoms. The van der Waals surface area contributed by atoms with Gasteiger partial charge < -0.3 is 4.57 Å². The number of hydrogen-bond acceptors (Lipinski definition) is 2. The molecular formula is C16H10ClNO2. The van der Waals surface area contributed by atoms with Gasteiger partial charge in [0.25, 0.3) is 5.24 Å². The van der Waals surface area contributed by atoms with Crippen LogP contribution in [0, 0.1) is 0 Å². The standard InChI is InChI=1S/C16H10ClNO2/c17-16(20)15(19)13-10-18(11-6-2-1-3-7-11)14-9-5-4-8-12(13)14/h1-10H. The van der Waals surface area contributed by atoms with Gasteiger partial charge in [-0.05, 0) is 29.8 Å². The third-order valence-electron chi connectivity index (χ3n) is 3.17. The van der Waals surface area contributed by atoms with Crippen LogP contribution in [0.2, 0.25) is 0 Å². The molecule has 0 bridgehead atoms. The van der Waals surface area contributed by atoms with E-state index in [0.29, 0.717) is 5.56 Å². The number of ketones is 1. The van der Waals surface area contributed by atoms with Gasteiger partial charge in [-0.3, -0.25) is 9.59 Å². The zero-order chi connectivity index (χ0) is 14.1. The average Bonchev–Trinajstić information content (AvgIpc) is 2.87. The van der Waals surface area contributed by atoms with E-state index in [0.717, 1.165) is 16.6 Å². The molecule has 0 aliphatic heterocycles. The summed E-state index contributed by atoms with van der Waals surface area (Å²) < 4.78 is 1.88. The van der Waals surface area contributed by atoms with E-state index >= 15 is 0 Å². The maximum atomic E-state index is 11.9. The van der Waals surface area contributed by atoms with Crippen molar-refractivity contribution in [1.29, 1.82) is 0 Å². The molecule has 3 rings (SSSR count). The first-order valence-electron chi connectivity index (χ1n) is 6.08. The number of rotatable bonds is 3. The Morgan fingerprint density at radius 3 is 2.25 bits per heavy atom. The van der Waals surface area contributed by atoms with Crippen molar-refractivity contribution in [3.63, 3.8) is 0 Å². The highest BCUT2D eigenvalue weighted by Gasteiger charge is 2.20. The van der Waals surface area contributed by atoms with Gasteiger partial charge in [0.2, 0.25) is 5.78 Å². The molecule has 0 radical (unpaired) electrons. The summed E-state index contributed by atoms with van der Waals surface area (Å²) >= 11 is 5.32. The molecule has 0 saturated heterocycles. The Balaban J connectivity index is 2.30. The molecule has 3 nitrogen and oxygen atoms in total. The summed E-state index contributed by atoms with van der Waals surface area (Å²) in [4.78, 5) is 23.0. The maximum absolute atomic E-state index is 11.9. The number of halogens is 1. The first kappa shape index (κ1) is 12.6. The molecule has 0 aliphatic carbocycles. The molecule has 1 heterocycles. The van der Waals surface area contributed by atoms with Gasteiger partial charge in [-0.2, -0.15) is 0 Å². The Kier molecular flexibility index (Phi) is 3.12. The fourth-order valence-corrected chi connectivity index (χ4v) is 2.37. The lowest BCUT2D eigenvalue weighted by molar-refractivity contribution is -0.108. The largest absolute Gasteiger partial charge is 0.316 e. The van der Waals surface area contributed by atoms with Crippen LogP contribution in [0.25, 0.3) is 16.6 Å². The van der Waals surface area contributed by atoms with Crippen molar-refractivity contribution in [2.45, 2.75) is 0 Å². The van der Waals surface area contributed by atoms with Crippen molar-refractivity contribution in [1.82, 2.24) is 4.57 Å². The van der Waals surface area contributed by atoms with Crippen molar-refractivity contribution in [2.24, 2.45) is 0 Å². The molecule has 0 atom stereocenters. The molecule has 0 fully saturated rings. The van der Waals surface area contributed by atoms with Crippen LogP contribution in [0.1, 0.15) is 10.4 Å². The van der Waals surface area contributed by atoms with E-state index in [4.69, 9.17) is 11.6 Å². The number of para-hydroxylation sites is 2. The average molecular weight is 284 g/mol. The second kappa shape index (κ2) is 4.94. The minimum atomic E-state index is -0.971. The van der Waals surface area contributed by atoms with E-state index in [2.05, 4.69) is 0 Å². The van der Waals surface area contributed by atoms with Gasteiger partial charge in [-0.1, -0.05) is 36.4 Å². The fraction of sp³-hybridized carbons (Fsp3) is 0. The van der Waals surface area contributed by atoms with Crippen molar-refractivity contribution >= 4 is 33.5 Å². The Bertz CT molecular complexity index is 806. The van der Waals surface area contributed by atoms with Gasteiger partial charge in [0.05, 0.1) is 11.1 Å². The summed E-state index contributed by atoms with van der Waals surface area (Å²) in [6, 6.07) is 17.0. The molecule has 3 aromatic rings. The molecule has 0 unspecified atom stereocenters. The Hall–Kier alpha value is -2.39. The molecule has 0 spiro atoms. The van der Waals surface area contributed by atoms with Crippen LogP contribution in [-0.4, -0.2) is 15.6 Å². The molecule has 0 saturated carbocycles. The molecule has 2 aromatic carbocycles. The van der Waals surface area contributed by atoms with Crippen LogP contribution >= 0.6 is 11.6 Å². The highest BCUT2D eigenvalue weighted by atomic mass is 35.5. The van der Waals surface area contributed by atoms with E-state index in [1.54, 1.807) is 6.20 Å². The van der Waals surface area contributed by atoms with Crippen molar-refractivity contribution < 1.29 is 9.59 Å². The Morgan fingerprint density at radius 2 is 1.55 bits per heavy atom. The number of nitrogens with zero attached hydrogens (tertiary/aromatic N) is 1. The first-order chi connectivity index (χ1) is 9.68. The van der Waals surface area contributed by atoms with E-state index in [1.807, 2.05) is 59.2 Å². The summed E-state index contributed by atoms with van der Waals surface area (Å²) in [6.45, 7) is 0. The van der Waals surface area contributed by atoms with Gasteiger partial charge in [-0.25, -0.2) is 0 Å². The van der Waals surface area contributed by atoms with E-state index in [-0.39, 0.29) is 0 Å². The second-order valence-electron chi connectivity index (χ2n) is 4.37. The van der Waals surface area contributed by atoms with Gasteiger partial charge in [-0.15, -0.1) is 0 Å². The van der Waals surface area contributed by atoms with Crippen LogP contribution in [0.5, 0.6) is 0 Å². The van der Waals surface area contributed by atoms with Crippen molar-refractivity contribution in [3.8, 4) is 5.69 Å². The number of aromatic nitrogens is 1. The summed E-state index contributed by atoms with van der Waals surface area (Å²) in [5.41, 5.74) is 2.11. The molecule has 0 aliphatic rings. The highest BCUT2D eigenvalue weighted by Crippen LogP contribution is 2.25. The molecule has 4 heteroatoms. The molecule has 0 N–H and O–H groups in total. The third kappa shape index (κ3) is 2.02. The van der Waals surface area contributed by atoms with E-state index in [9.17, 15) is 9.59 Å². The lowest BCUT2D eigenvalue weighted by Gasteiger charge is -2.04. The molecule has 0 amide bonds. The van der Waals surface area contributed by atoms with Crippen LogP contribution in [0.4, 0.5) is 0 Å². The van der Waals surface area contributed by atoms with Crippen molar-refractivity contribution in [2.75, 3.05) is 0 Å². The highest BCUT2D eigenvalue weighted by molar-refractivity contribution is 6.83. The van der Waals surface area contributed by atoms with Gasteiger partial charge >= 0.3 is 0 Å². The second-order valence-corrected chi connectivity index (χ2v) is 4.71. The van der Waals surface area contributed by atoms with Crippen LogP contribution in [0.3, 0.4) is 0 Å². The maximum Gasteiger partial charge on any atom is 0.293 e. The lowest BCUT2D eigenvalue weighted by atomic mass is 10.1.